The van der Waals surface area contributed by atoms with Crippen LogP contribution >= 0.6 is 0 Å². The summed E-state index contributed by atoms with van der Waals surface area (Å²) in [4.78, 5) is 27.6. The Morgan fingerprint density at radius 3 is 2.43 bits per heavy atom. The number of rotatable bonds is 5. The average Bonchev–Trinajstić information content (AvgIpc) is 2.56. The number of nitrogens with zero attached hydrogens (tertiary/aromatic N) is 2. The fraction of sp³-hybridized carbons (Fsp3) is 0.529. The van der Waals surface area contributed by atoms with Gasteiger partial charge in [0, 0.05) is 26.6 Å². The van der Waals surface area contributed by atoms with Crippen LogP contribution in [0.5, 0.6) is 0 Å². The first-order valence-electron chi connectivity index (χ1n) is 7.92. The Morgan fingerprint density at radius 1 is 1.26 bits per heavy atom. The number of benzene rings is 1. The van der Waals surface area contributed by atoms with Crippen molar-refractivity contribution in [3.8, 4) is 0 Å². The van der Waals surface area contributed by atoms with Crippen molar-refractivity contribution in [3.63, 3.8) is 0 Å². The molecule has 1 aromatic rings. The minimum absolute atomic E-state index is 0.0349. The predicted molar refractivity (Wildman–Crippen MR) is 86.1 cm³/mol. The minimum atomic E-state index is -0.276. The highest BCUT2D eigenvalue weighted by atomic mass is 19.1. The lowest BCUT2D eigenvalue weighted by Gasteiger charge is -2.31. The zero-order chi connectivity index (χ0) is 16.8. The molecule has 1 N–H and O–H groups in total. The molecule has 2 amide bonds. The van der Waals surface area contributed by atoms with E-state index in [1.54, 1.807) is 31.1 Å². The zero-order valence-corrected chi connectivity index (χ0v) is 13.7. The van der Waals surface area contributed by atoms with E-state index in [4.69, 9.17) is 0 Å². The smallest absolute Gasteiger partial charge is 0.236 e. The Hall–Kier alpha value is -1.95. The van der Waals surface area contributed by atoms with Crippen LogP contribution in [0.4, 0.5) is 4.39 Å². The molecule has 0 spiro atoms. The van der Waals surface area contributed by atoms with E-state index < -0.39 is 0 Å². The third-order valence-corrected chi connectivity index (χ3v) is 4.32. The van der Waals surface area contributed by atoms with Crippen LogP contribution in [0, 0.1) is 11.7 Å². The van der Waals surface area contributed by atoms with Gasteiger partial charge in [0.2, 0.25) is 11.8 Å². The number of amides is 2. The van der Waals surface area contributed by atoms with Crippen molar-refractivity contribution in [1.82, 2.24) is 15.1 Å². The Kier molecular flexibility index (Phi) is 6.10. The van der Waals surface area contributed by atoms with Crippen LogP contribution in [0.2, 0.25) is 0 Å². The molecule has 0 aliphatic carbocycles. The van der Waals surface area contributed by atoms with Gasteiger partial charge in [-0.25, -0.2) is 4.39 Å². The van der Waals surface area contributed by atoms with Gasteiger partial charge in [-0.3, -0.25) is 14.5 Å². The van der Waals surface area contributed by atoms with Crippen LogP contribution in [0.3, 0.4) is 0 Å². The second-order valence-corrected chi connectivity index (χ2v) is 6.04. The number of likely N-dealkylation sites (tertiary alicyclic amines) is 1. The highest BCUT2D eigenvalue weighted by Crippen LogP contribution is 2.17. The third kappa shape index (κ3) is 5.03. The number of likely N-dealkylation sites (N-methyl/N-ethyl adjacent to an activating group) is 1. The third-order valence-electron chi connectivity index (χ3n) is 4.32. The Morgan fingerprint density at radius 2 is 1.87 bits per heavy atom. The highest BCUT2D eigenvalue weighted by molar-refractivity contribution is 5.79. The van der Waals surface area contributed by atoms with E-state index in [0.29, 0.717) is 13.1 Å². The summed E-state index contributed by atoms with van der Waals surface area (Å²) in [5.41, 5.74) is 0.903. The van der Waals surface area contributed by atoms with E-state index in [9.17, 15) is 14.0 Å². The number of hydrogen-bond acceptors (Lipinski definition) is 3. The van der Waals surface area contributed by atoms with Gasteiger partial charge in [0.1, 0.15) is 5.82 Å². The standard InChI is InChI=1S/C17H24FN3O2/c1-19-17(23)14-7-9-21(10-8-14)12-16(22)20(2)11-13-3-5-15(18)6-4-13/h3-6,14H,7-12H2,1-2H3,(H,19,23). The van der Waals surface area contributed by atoms with Crippen LogP contribution in [-0.4, -0.2) is 55.3 Å². The van der Waals surface area contributed by atoms with Crippen LogP contribution in [-0.2, 0) is 16.1 Å². The first-order chi connectivity index (χ1) is 11.0. The number of hydrogen-bond donors (Lipinski definition) is 1. The molecule has 1 aliphatic rings. The van der Waals surface area contributed by atoms with Gasteiger partial charge in [-0.15, -0.1) is 0 Å². The molecule has 1 fully saturated rings. The lowest BCUT2D eigenvalue weighted by molar-refractivity contribution is -0.132. The van der Waals surface area contributed by atoms with Gasteiger partial charge in [-0.05, 0) is 43.6 Å². The van der Waals surface area contributed by atoms with Crippen molar-refractivity contribution >= 4 is 11.8 Å². The molecule has 1 saturated heterocycles. The summed E-state index contributed by atoms with van der Waals surface area (Å²) in [5, 5.41) is 2.68. The largest absolute Gasteiger partial charge is 0.359 e. The maximum atomic E-state index is 12.9. The highest BCUT2D eigenvalue weighted by Gasteiger charge is 2.25. The predicted octanol–water partition coefficient (Wildman–Crippen LogP) is 1.24. The summed E-state index contributed by atoms with van der Waals surface area (Å²) >= 11 is 0. The van der Waals surface area contributed by atoms with Crippen LogP contribution in [0.15, 0.2) is 24.3 Å². The van der Waals surface area contributed by atoms with E-state index in [2.05, 4.69) is 10.2 Å². The Balaban J connectivity index is 1.78. The second kappa shape index (κ2) is 8.06. The molecule has 1 aliphatic heterocycles. The zero-order valence-electron chi connectivity index (χ0n) is 13.7. The molecule has 0 unspecified atom stereocenters. The van der Waals surface area contributed by atoms with E-state index in [-0.39, 0.29) is 23.5 Å². The fourth-order valence-electron chi connectivity index (χ4n) is 2.82. The fourth-order valence-corrected chi connectivity index (χ4v) is 2.82. The van der Waals surface area contributed by atoms with E-state index >= 15 is 0 Å². The second-order valence-electron chi connectivity index (χ2n) is 6.04. The summed E-state index contributed by atoms with van der Waals surface area (Å²) < 4.78 is 12.9. The maximum absolute atomic E-state index is 12.9. The van der Waals surface area contributed by atoms with E-state index in [0.717, 1.165) is 31.5 Å². The van der Waals surface area contributed by atoms with E-state index in [1.165, 1.54) is 12.1 Å². The molecule has 5 nitrogen and oxygen atoms in total. The molecule has 6 heteroatoms. The monoisotopic (exact) mass is 321 g/mol. The Labute approximate surface area is 136 Å². The molecule has 0 saturated carbocycles. The van der Waals surface area contributed by atoms with Crippen molar-refractivity contribution < 1.29 is 14.0 Å². The number of carbonyl (C=O) groups excluding carboxylic acids is 2. The van der Waals surface area contributed by atoms with Gasteiger partial charge in [0.25, 0.3) is 0 Å². The molecule has 2 rings (SSSR count). The molecule has 1 heterocycles. The van der Waals surface area contributed by atoms with Crippen molar-refractivity contribution in [2.24, 2.45) is 5.92 Å². The molecule has 0 aromatic heterocycles. The van der Waals surface area contributed by atoms with Crippen LogP contribution < -0.4 is 5.32 Å². The van der Waals surface area contributed by atoms with Gasteiger partial charge in [0.15, 0.2) is 0 Å². The lowest BCUT2D eigenvalue weighted by atomic mass is 9.96. The summed E-state index contributed by atoms with van der Waals surface area (Å²) in [6, 6.07) is 6.18. The van der Waals surface area contributed by atoms with Crippen molar-refractivity contribution in [2.75, 3.05) is 33.7 Å². The lowest BCUT2D eigenvalue weighted by Crippen LogP contribution is -2.44. The SMILES string of the molecule is CNC(=O)C1CCN(CC(=O)N(C)Cc2ccc(F)cc2)CC1. The molecule has 0 atom stereocenters. The van der Waals surface area contributed by atoms with Crippen molar-refractivity contribution in [1.29, 1.82) is 0 Å². The quantitative estimate of drug-likeness (QED) is 0.888. The number of piperidine rings is 1. The first-order valence-corrected chi connectivity index (χ1v) is 7.92. The van der Waals surface area contributed by atoms with Gasteiger partial charge in [-0.1, -0.05) is 12.1 Å². The van der Waals surface area contributed by atoms with Gasteiger partial charge < -0.3 is 10.2 Å². The van der Waals surface area contributed by atoms with Gasteiger partial charge >= 0.3 is 0 Å². The summed E-state index contributed by atoms with van der Waals surface area (Å²) in [7, 11) is 3.41. The van der Waals surface area contributed by atoms with Crippen molar-refractivity contribution in [3.05, 3.63) is 35.6 Å². The van der Waals surface area contributed by atoms with Crippen LogP contribution in [0.1, 0.15) is 18.4 Å². The molecule has 1 aromatic carbocycles. The average molecular weight is 321 g/mol. The van der Waals surface area contributed by atoms with Gasteiger partial charge in [0.05, 0.1) is 6.54 Å². The molecular formula is C17H24FN3O2. The van der Waals surface area contributed by atoms with Crippen molar-refractivity contribution in [2.45, 2.75) is 19.4 Å². The van der Waals surface area contributed by atoms with Gasteiger partial charge in [-0.2, -0.15) is 0 Å². The summed E-state index contributed by atoms with van der Waals surface area (Å²) in [5.74, 6) is -0.0952. The normalized spacial score (nSPS) is 16.1. The summed E-state index contributed by atoms with van der Waals surface area (Å²) in [6.45, 7) is 2.34. The molecule has 23 heavy (non-hydrogen) atoms. The minimum Gasteiger partial charge on any atom is -0.359 e. The number of halogens is 1. The number of carbonyl (C=O) groups is 2. The molecule has 126 valence electrons. The molecule has 0 radical (unpaired) electrons. The summed E-state index contributed by atoms with van der Waals surface area (Å²) in [6.07, 6.45) is 1.57. The number of nitrogens with one attached hydrogen (secondary N) is 1. The van der Waals surface area contributed by atoms with E-state index in [1.807, 2.05) is 0 Å². The topological polar surface area (TPSA) is 52.7 Å². The Bertz CT molecular complexity index is 539. The molecular weight excluding hydrogens is 297 g/mol. The maximum Gasteiger partial charge on any atom is 0.236 e. The van der Waals surface area contributed by atoms with Crippen LogP contribution in [0.25, 0.3) is 0 Å². The molecule has 0 bridgehead atoms. The first kappa shape index (κ1) is 17.4.